The highest BCUT2D eigenvalue weighted by atomic mass is 32.1. The lowest BCUT2D eigenvalue weighted by Gasteiger charge is -2.30. The number of rotatable bonds is 2. The summed E-state index contributed by atoms with van der Waals surface area (Å²) < 4.78 is 44.0. The number of carbonyl (C=O) groups is 1. The highest BCUT2D eigenvalue weighted by Gasteiger charge is 2.51. The molecule has 1 aromatic heterocycles. The molecule has 0 saturated heterocycles. The topological polar surface area (TPSA) is 54.8 Å². The van der Waals surface area contributed by atoms with Gasteiger partial charge in [0.1, 0.15) is 5.71 Å². The van der Waals surface area contributed by atoms with Crippen molar-refractivity contribution < 1.29 is 22.7 Å². The molecule has 0 radical (unpaired) electrons. The maximum atomic E-state index is 13.2. The Balaban J connectivity index is 1.93. The Kier molecular flexibility index (Phi) is 3.84. The van der Waals surface area contributed by atoms with Crippen LogP contribution in [0.4, 0.5) is 18.3 Å². The molecule has 1 saturated carbocycles. The Labute approximate surface area is 128 Å². The molecule has 5 nitrogen and oxygen atoms in total. The molecule has 0 amide bonds. The van der Waals surface area contributed by atoms with Crippen LogP contribution in [0, 0.1) is 5.92 Å². The summed E-state index contributed by atoms with van der Waals surface area (Å²) in [5.74, 6) is -1.22. The number of ether oxygens (including phenoxy) is 1. The highest BCUT2D eigenvalue weighted by molar-refractivity contribution is 7.13. The van der Waals surface area contributed by atoms with E-state index in [2.05, 4.69) is 14.8 Å². The van der Waals surface area contributed by atoms with E-state index >= 15 is 0 Å². The fraction of sp³-hybridized carbons (Fsp3) is 0.615. The monoisotopic (exact) mass is 333 g/mol. The highest BCUT2D eigenvalue weighted by Crippen LogP contribution is 2.42. The van der Waals surface area contributed by atoms with Gasteiger partial charge >= 0.3 is 12.1 Å². The van der Waals surface area contributed by atoms with E-state index in [-0.39, 0.29) is 11.7 Å². The van der Waals surface area contributed by atoms with Crippen LogP contribution < -0.4 is 5.01 Å². The normalized spacial score (nSPS) is 24.9. The van der Waals surface area contributed by atoms with E-state index in [9.17, 15) is 18.0 Å². The van der Waals surface area contributed by atoms with Gasteiger partial charge in [-0.05, 0) is 12.8 Å². The van der Waals surface area contributed by atoms with Crippen LogP contribution in [0.3, 0.4) is 0 Å². The van der Waals surface area contributed by atoms with Gasteiger partial charge in [-0.1, -0.05) is 12.8 Å². The summed E-state index contributed by atoms with van der Waals surface area (Å²) >= 11 is 1.10. The van der Waals surface area contributed by atoms with Gasteiger partial charge in [-0.25, -0.2) is 14.8 Å². The maximum Gasteiger partial charge on any atom is 0.431 e. The average molecular weight is 333 g/mol. The SMILES string of the molecule is COC(=O)c1csc(N2N=C(C(F)(F)F)C3CCCCC32)n1. The maximum absolute atomic E-state index is 13.2. The van der Waals surface area contributed by atoms with E-state index in [1.165, 1.54) is 17.5 Å². The first-order valence-electron chi connectivity index (χ1n) is 6.90. The van der Waals surface area contributed by atoms with Gasteiger partial charge in [0.05, 0.1) is 13.2 Å². The van der Waals surface area contributed by atoms with Crippen molar-refractivity contribution in [2.45, 2.75) is 37.9 Å². The van der Waals surface area contributed by atoms with E-state index in [4.69, 9.17) is 0 Å². The number of methoxy groups -OCH3 is 1. The van der Waals surface area contributed by atoms with Gasteiger partial charge in [0.15, 0.2) is 5.69 Å². The molecule has 2 atom stereocenters. The number of hydrazone groups is 1. The quantitative estimate of drug-likeness (QED) is 0.780. The van der Waals surface area contributed by atoms with Gasteiger partial charge in [-0.2, -0.15) is 18.3 Å². The smallest absolute Gasteiger partial charge is 0.431 e. The molecule has 2 unspecified atom stereocenters. The second kappa shape index (κ2) is 5.53. The zero-order valence-electron chi connectivity index (χ0n) is 11.8. The molecule has 0 spiro atoms. The van der Waals surface area contributed by atoms with Crippen molar-refractivity contribution in [3.05, 3.63) is 11.1 Å². The Bertz CT molecular complexity index is 614. The summed E-state index contributed by atoms with van der Waals surface area (Å²) in [7, 11) is 1.23. The molecule has 1 aromatic rings. The number of fused-ring (bicyclic) bond motifs is 1. The molecular formula is C13H14F3N3O2S. The fourth-order valence-electron chi connectivity index (χ4n) is 3.01. The molecular weight excluding hydrogens is 319 g/mol. The van der Waals surface area contributed by atoms with Crippen LogP contribution in [0.25, 0.3) is 0 Å². The molecule has 0 N–H and O–H groups in total. The van der Waals surface area contributed by atoms with Gasteiger partial charge in [-0.3, -0.25) is 0 Å². The molecule has 1 fully saturated rings. The number of anilines is 1. The van der Waals surface area contributed by atoms with Crippen LogP contribution in [0.2, 0.25) is 0 Å². The minimum absolute atomic E-state index is 0.0884. The third kappa shape index (κ3) is 2.57. The third-order valence-corrected chi connectivity index (χ3v) is 4.81. The number of hydrogen-bond acceptors (Lipinski definition) is 6. The zero-order valence-corrected chi connectivity index (χ0v) is 12.6. The fourth-order valence-corrected chi connectivity index (χ4v) is 3.81. The summed E-state index contributed by atoms with van der Waals surface area (Å²) in [6.07, 6.45) is -1.67. The van der Waals surface area contributed by atoms with Gasteiger partial charge in [0.25, 0.3) is 0 Å². The van der Waals surface area contributed by atoms with E-state index in [0.29, 0.717) is 18.0 Å². The van der Waals surface area contributed by atoms with Crippen molar-refractivity contribution in [2.75, 3.05) is 12.1 Å². The molecule has 3 rings (SSSR count). The first kappa shape index (κ1) is 15.3. The predicted molar refractivity (Wildman–Crippen MR) is 75.2 cm³/mol. The molecule has 0 aromatic carbocycles. The molecule has 1 aliphatic heterocycles. The predicted octanol–water partition coefficient (Wildman–Crippen LogP) is 3.23. The lowest BCUT2D eigenvalue weighted by atomic mass is 9.82. The summed E-state index contributed by atoms with van der Waals surface area (Å²) in [6.45, 7) is 0. The second-order valence-electron chi connectivity index (χ2n) is 5.29. The number of carbonyl (C=O) groups excluding carboxylic acids is 1. The van der Waals surface area contributed by atoms with Crippen LogP contribution in [0.15, 0.2) is 10.5 Å². The zero-order chi connectivity index (χ0) is 15.9. The molecule has 120 valence electrons. The Hall–Kier alpha value is -1.64. The van der Waals surface area contributed by atoms with Crippen molar-refractivity contribution in [1.29, 1.82) is 0 Å². The average Bonchev–Trinajstić information content (AvgIpc) is 3.10. The van der Waals surface area contributed by atoms with Crippen molar-refractivity contribution in [3.8, 4) is 0 Å². The molecule has 22 heavy (non-hydrogen) atoms. The molecule has 1 aliphatic carbocycles. The van der Waals surface area contributed by atoms with Gasteiger partial charge in [-0.15, -0.1) is 11.3 Å². The lowest BCUT2D eigenvalue weighted by molar-refractivity contribution is -0.0628. The number of esters is 1. The number of aromatic nitrogens is 1. The van der Waals surface area contributed by atoms with E-state index in [1.807, 2.05) is 0 Å². The first-order valence-corrected chi connectivity index (χ1v) is 7.78. The van der Waals surface area contributed by atoms with Crippen molar-refractivity contribution in [1.82, 2.24) is 4.98 Å². The summed E-state index contributed by atoms with van der Waals surface area (Å²) in [5.41, 5.74) is -0.641. The third-order valence-electron chi connectivity index (χ3n) is 3.98. The van der Waals surface area contributed by atoms with Gasteiger partial charge in [0, 0.05) is 11.3 Å². The molecule has 2 heterocycles. The van der Waals surface area contributed by atoms with Crippen LogP contribution in [-0.4, -0.2) is 36.0 Å². The van der Waals surface area contributed by atoms with Crippen LogP contribution in [0.5, 0.6) is 0 Å². The van der Waals surface area contributed by atoms with E-state index in [0.717, 1.165) is 24.2 Å². The number of alkyl halides is 3. The van der Waals surface area contributed by atoms with Crippen molar-refractivity contribution >= 4 is 28.1 Å². The first-order chi connectivity index (χ1) is 10.4. The Morgan fingerprint density at radius 3 is 2.82 bits per heavy atom. The second-order valence-corrected chi connectivity index (χ2v) is 6.13. The molecule has 9 heteroatoms. The van der Waals surface area contributed by atoms with Crippen LogP contribution >= 0.6 is 11.3 Å². The lowest BCUT2D eigenvalue weighted by Crippen LogP contribution is -2.39. The minimum atomic E-state index is -4.43. The number of nitrogens with zero attached hydrogens (tertiary/aromatic N) is 3. The largest absolute Gasteiger partial charge is 0.464 e. The Morgan fingerprint density at radius 1 is 1.41 bits per heavy atom. The summed E-state index contributed by atoms with van der Waals surface area (Å²) in [6, 6.07) is -0.331. The summed E-state index contributed by atoms with van der Waals surface area (Å²) in [5, 5.41) is 6.91. The standard InChI is InChI=1S/C13H14F3N3O2S/c1-21-11(20)8-6-22-12(17-8)19-9-5-3-2-4-7(9)10(18-19)13(14,15)16/h6-7,9H,2-5H2,1H3. The van der Waals surface area contributed by atoms with Crippen LogP contribution in [0.1, 0.15) is 36.2 Å². The molecule has 0 bridgehead atoms. The van der Waals surface area contributed by atoms with E-state index in [1.54, 1.807) is 0 Å². The van der Waals surface area contributed by atoms with Crippen molar-refractivity contribution in [2.24, 2.45) is 11.0 Å². The van der Waals surface area contributed by atoms with Gasteiger partial charge in [0.2, 0.25) is 5.13 Å². The summed E-state index contributed by atoms with van der Waals surface area (Å²) in [4.78, 5) is 15.5. The van der Waals surface area contributed by atoms with E-state index < -0.39 is 23.8 Å². The minimum Gasteiger partial charge on any atom is -0.464 e. The van der Waals surface area contributed by atoms with Crippen molar-refractivity contribution in [3.63, 3.8) is 0 Å². The number of thiazole rings is 1. The molecule has 2 aliphatic rings. The number of halogens is 3. The Morgan fingerprint density at radius 2 is 2.14 bits per heavy atom. The van der Waals surface area contributed by atoms with Gasteiger partial charge < -0.3 is 4.74 Å². The number of hydrogen-bond donors (Lipinski definition) is 0. The van der Waals surface area contributed by atoms with Crippen LogP contribution in [-0.2, 0) is 4.74 Å².